The van der Waals surface area contributed by atoms with Crippen LogP contribution in [0.1, 0.15) is 26.2 Å². The van der Waals surface area contributed by atoms with Gasteiger partial charge >= 0.3 is 29.6 Å². The van der Waals surface area contributed by atoms with E-state index in [0.717, 1.165) is 12.8 Å². The van der Waals surface area contributed by atoms with E-state index in [4.69, 9.17) is 4.55 Å². The molecule has 0 aromatic rings. The predicted octanol–water partition coefficient (Wildman–Crippen LogP) is -1.73. The Morgan fingerprint density at radius 1 is 1.36 bits per heavy atom. The first-order valence-electron chi connectivity index (χ1n) is 3.29. The summed E-state index contributed by atoms with van der Waals surface area (Å²) in [6, 6.07) is 0. The van der Waals surface area contributed by atoms with Crippen molar-refractivity contribution in [3.63, 3.8) is 0 Å². The minimum atomic E-state index is -3.72. The zero-order valence-electron chi connectivity index (χ0n) is 7.08. The van der Waals surface area contributed by atoms with E-state index in [1.54, 1.807) is 0 Å². The second-order valence-corrected chi connectivity index (χ2v) is 3.76. The third-order valence-electron chi connectivity index (χ3n) is 1.15. The molecule has 0 saturated carbocycles. The molecular weight excluding hydrogens is 175 g/mol. The molecule has 11 heavy (non-hydrogen) atoms. The molecule has 0 aliphatic rings. The Labute approximate surface area is 90.6 Å². The summed E-state index contributed by atoms with van der Waals surface area (Å²) in [6.07, 6.45) is 4.26. The topological polar surface area (TPSA) is 54.4 Å². The maximum absolute atomic E-state index is 10.1. The summed E-state index contributed by atoms with van der Waals surface area (Å²) in [7, 11) is -3.72. The van der Waals surface area contributed by atoms with Crippen molar-refractivity contribution in [2.45, 2.75) is 26.2 Å². The fourth-order valence-corrected chi connectivity index (χ4v) is 1.20. The van der Waals surface area contributed by atoms with E-state index in [0.29, 0.717) is 6.42 Å². The van der Waals surface area contributed by atoms with E-state index in [1.807, 2.05) is 13.3 Å². The third kappa shape index (κ3) is 13.8. The van der Waals surface area contributed by atoms with Crippen molar-refractivity contribution in [3.05, 3.63) is 6.42 Å². The van der Waals surface area contributed by atoms with E-state index in [9.17, 15) is 8.42 Å². The van der Waals surface area contributed by atoms with E-state index in [1.165, 1.54) is 0 Å². The van der Waals surface area contributed by atoms with Gasteiger partial charge in [-0.2, -0.15) is 21.8 Å². The Morgan fingerprint density at radius 2 is 1.91 bits per heavy atom. The van der Waals surface area contributed by atoms with Crippen LogP contribution in [0.5, 0.6) is 0 Å². The van der Waals surface area contributed by atoms with Crippen LogP contribution in [0.25, 0.3) is 0 Å². The molecule has 0 radical (unpaired) electrons. The molecule has 0 saturated heterocycles. The molecule has 0 bridgehead atoms. The Kier molecular flexibility index (Phi) is 9.91. The first-order valence-corrected chi connectivity index (χ1v) is 4.90. The molecule has 0 aliphatic heterocycles. The van der Waals surface area contributed by atoms with Crippen molar-refractivity contribution in [1.29, 1.82) is 0 Å². The van der Waals surface area contributed by atoms with Crippen LogP contribution in [-0.2, 0) is 10.1 Å². The maximum Gasteiger partial charge on any atom is 1.00 e. The maximum atomic E-state index is 10.1. The van der Waals surface area contributed by atoms with E-state index >= 15 is 0 Å². The summed E-state index contributed by atoms with van der Waals surface area (Å²) in [4.78, 5) is 0. The van der Waals surface area contributed by atoms with Crippen LogP contribution in [0.2, 0.25) is 0 Å². The molecule has 0 heterocycles. The van der Waals surface area contributed by atoms with Crippen LogP contribution >= 0.6 is 0 Å². The largest absolute Gasteiger partial charge is 1.00 e. The smallest absolute Gasteiger partial charge is 0.332 e. The summed E-state index contributed by atoms with van der Waals surface area (Å²) < 4.78 is 28.6. The van der Waals surface area contributed by atoms with Crippen molar-refractivity contribution in [1.82, 2.24) is 0 Å². The van der Waals surface area contributed by atoms with Crippen LogP contribution in [0, 0.1) is 6.42 Å². The molecule has 0 aromatic heterocycles. The van der Waals surface area contributed by atoms with Crippen LogP contribution in [-0.4, -0.2) is 18.7 Å². The molecule has 0 aliphatic carbocycles. The number of rotatable bonds is 5. The molecule has 0 unspecified atom stereocenters. The average molecular weight is 188 g/mol. The average Bonchev–Trinajstić information content (AvgIpc) is 1.78. The van der Waals surface area contributed by atoms with Gasteiger partial charge in [0.05, 0.1) is 5.75 Å². The fraction of sp³-hybridized carbons (Fsp3) is 0.833. The van der Waals surface area contributed by atoms with Crippen LogP contribution < -0.4 is 29.6 Å². The summed E-state index contributed by atoms with van der Waals surface area (Å²) in [5, 5.41) is 0. The van der Waals surface area contributed by atoms with Crippen molar-refractivity contribution >= 4 is 10.1 Å². The first-order chi connectivity index (χ1) is 4.56. The zero-order valence-corrected chi connectivity index (χ0v) is 9.89. The Bertz CT molecular complexity index is 165. The van der Waals surface area contributed by atoms with Gasteiger partial charge in [0.2, 0.25) is 0 Å². The molecule has 0 fully saturated rings. The van der Waals surface area contributed by atoms with Crippen molar-refractivity contribution in [3.8, 4) is 0 Å². The van der Waals surface area contributed by atoms with Gasteiger partial charge in [-0.1, -0.05) is 6.42 Å². The second kappa shape index (κ2) is 7.55. The molecule has 0 rings (SSSR count). The minimum absolute atomic E-state index is 0. The fourth-order valence-electron chi connectivity index (χ4n) is 0.633. The Hall–Kier alpha value is 0.910. The van der Waals surface area contributed by atoms with Gasteiger partial charge in [-0.25, -0.2) is 0 Å². The third-order valence-corrected chi connectivity index (χ3v) is 1.95. The zero-order chi connectivity index (χ0) is 8.04. The van der Waals surface area contributed by atoms with Gasteiger partial charge < -0.3 is 6.42 Å². The first kappa shape index (κ1) is 14.4. The summed E-state index contributed by atoms with van der Waals surface area (Å²) in [6.45, 7) is 1.92. The molecule has 62 valence electrons. The predicted molar refractivity (Wildman–Crippen MR) is 40.2 cm³/mol. The number of hydrogen-bond acceptors (Lipinski definition) is 2. The quantitative estimate of drug-likeness (QED) is 0.241. The van der Waals surface area contributed by atoms with Gasteiger partial charge in [0.1, 0.15) is 0 Å². The van der Waals surface area contributed by atoms with Crippen LogP contribution in [0.15, 0.2) is 0 Å². The minimum Gasteiger partial charge on any atom is -0.332 e. The molecule has 3 nitrogen and oxygen atoms in total. The number of unbranched alkanes of at least 4 members (excludes halogenated alkanes) is 3. The normalized spacial score (nSPS) is 10.7. The van der Waals surface area contributed by atoms with Crippen molar-refractivity contribution < 1.29 is 42.5 Å². The molecular formula is C6H13NaO3S. The Morgan fingerprint density at radius 3 is 2.27 bits per heavy atom. The van der Waals surface area contributed by atoms with Crippen LogP contribution in [0.3, 0.4) is 0 Å². The standard InChI is InChI=1S/C6H13O3S.Na/c1-2-3-4-5-6-10(7,8)9;/h2H,3-6H2,1H3,(H,7,8,9);/q-1;+1. The molecule has 5 heteroatoms. The van der Waals surface area contributed by atoms with Crippen LogP contribution in [0.4, 0.5) is 0 Å². The molecule has 0 spiro atoms. The van der Waals surface area contributed by atoms with Gasteiger partial charge in [-0.15, -0.1) is 0 Å². The van der Waals surface area contributed by atoms with Gasteiger partial charge in [0, 0.05) is 0 Å². The Balaban J connectivity index is 0. The second-order valence-electron chi connectivity index (χ2n) is 2.19. The van der Waals surface area contributed by atoms with Gasteiger partial charge in [-0.3, -0.25) is 4.55 Å². The summed E-state index contributed by atoms with van der Waals surface area (Å²) in [5.74, 6) is -0.110. The van der Waals surface area contributed by atoms with E-state index in [-0.39, 0.29) is 35.3 Å². The van der Waals surface area contributed by atoms with E-state index in [2.05, 4.69) is 0 Å². The molecule has 0 aromatic carbocycles. The van der Waals surface area contributed by atoms with Crippen molar-refractivity contribution in [2.75, 3.05) is 5.75 Å². The summed E-state index contributed by atoms with van der Waals surface area (Å²) in [5.41, 5.74) is 0. The van der Waals surface area contributed by atoms with Gasteiger partial charge in [0.25, 0.3) is 10.1 Å². The molecule has 1 N–H and O–H groups in total. The van der Waals surface area contributed by atoms with Crippen molar-refractivity contribution in [2.24, 2.45) is 0 Å². The summed E-state index contributed by atoms with van der Waals surface area (Å²) >= 11 is 0. The number of hydrogen-bond donors (Lipinski definition) is 1. The molecule has 0 amide bonds. The molecule has 0 atom stereocenters. The SMILES string of the molecule is C[CH-]CCCCS(=O)(=O)O.[Na+]. The monoisotopic (exact) mass is 188 g/mol. The van der Waals surface area contributed by atoms with Gasteiger partial charge in [0.15, 0.2) is 0 Å². The van der Waals surface area contributed by atoms with Gasteiger partial charge in [-0.05, 0) is 6.42 Å². The van der Waals surface area contributed by atoms with E-state index < -0.39 is 10.1 Å².